The Hall–Kier alpha value is -4.24. The lowest BCUT2D eigenvalue weighted by atomic mass is 9.99. The van der Waals surface area contributed by atoms with Crippen molar-refractivity contribution in [2.45, 2.75) is 45.0 Å². The number of benzene rings is 2. The second kappa shape index (κ2) is 14.9. The van der Waals surface area contributed by atoms with Crippen LogP contribution in [0.15, 0.2) is 48.6 Å². The van der Waals surface area contributed by atoms with Crippen molar-refractivity contribution in [1.82, 2.24) is 24.7 Å². The second-order valence-corrected chi connectivity index (χ2v) is 12.6. The standard InChI is InChI=1S/C35H46N8O3/c1-25-9-6-10-26-11-7-12-30(33(25)26)41-19-15-28-29(24-41)37-35(46-22-16-31(44)40(4)5)38-34(28)42-20-21-43(27(23-42)14-17-36)32(45)13-8-18-39(2)3/h6-13,27,31,44H,14-16,18-24H2,1-5H3/b13-8+/t27-,31?/m0/s1. The Morgan fingerprint density at radius 2 is 1.91 bits per heavy atom. The topological polar surface area (TPSA) is 112 Å². The first-order valence-corrected chi connectivity index (χ1v) is 16.0. The van der Waals surface area contributed by atoms with Gasteiger partial charge in [-0.05, 0) is 58.6 Å². The lowest BCUT2D eigenvalue weighted by molar-refractivity contribution is -0.128. The highest BCUT2D eigenvalue weighted by atomic mass is 16.5. The van der Waals surface area contributed by atoms with Gasteiger partial charge in [-0.15, -0.1) is 0 Å². The summed E-state index contributed by atoms with van der Waals surface area (Å²) >= 11 is 0. The summed E-state index contributed by atoms with van der Waals surface area (Å²) in [6.07, 6.45) is 4.24. The molecule has 11 nitrogen and oxygen atoms in total. The highest BCUT2D eigenvalue weighted by molar-refractivity contribution is 5.97. The van der Waals surface area contributed by atoms with E-state index in [0.717, 1.165) is 30.0 Å². The van der Waals surface area contributed by atoms with E-state index in [0.29, 0.717) is 39.1 Å². The van der Waals surface area contributed by atoms with Crippen LogP contribution in [0.3, 0.4) is 0 Å². The number of aryl methyl sites for hydroxylation is 1. The molecule has 1 unspecified atom stereocenters. The summed E-state index contributed by atoms with van der Waals surface area (Å²) in [4.78, 5) is 33.1. The van der Waals surface area contributed by atoms with E-state index in [-0.39, 0.29) is 31.0 Å². The number of carbonyl (C=O) groups excluding carboxylic acids is 1. The molecule has 2 atom stereocenters. The number of nitriles is 1. The van der Waals surface area contributed by atoms with Gasteiger partial charge in [-0.1, -0.05) is 36.4 Å². The molecule has 2 aromatic carbocycles. The quantitative estimate of drug-likeness (QED) is 0.252. The summed E-state index contributed by atoms with van der Waals surface area (Å²) in [5, 5.41) is 22.4. The highest BCUT2D eigenvalue weighted by Gasteiger charge is 2.33. The van der Waals surface area contributed by atoms with E-state index in [9.17, 15) is 15.2 Å². The van der Waals surface area contributed by atoms with Gasteiger partial charge in [0.2, 0.25) is 5.91 Å². The number of carbonyl (C=O) groups is 1. The minimum atomic E-state index is -0.633. The number of anilines is 2. The molecule has 2 aliphatic rings. The average Bonchev–Trinajstić information content (AvgIpc) is 3.03. The van der Waals surface area contributed by atoms with Crippen LogP contribution in [0, 0.1) is 18.3 Å². The molecule has 11 heteroatoms. The van der Waals surface area contributed by atoms with Crippen molar-refractivity contribution in [3.05, 3.63) is 65.4 Å². The molecular formula is C35H46N8O3. The van der Waals surface area contributed by atoms with Crippen molar-refractivity contribution in [2.75, 3.05) is 77.3 Å². The maximum Gasteiger partial charge on any atom is 0.318 e. The normalized spacial score (nSPS) is 17.5. The zero-order valence-electron chi connectivity index (χ0n) is 27.7. The summed E-state index contributed by atoms with van der Waals surface area (Å²) in [6.45, 7) is 6.07. The molecule has 1 N–H and O–H groups in total. The number of rotatable bonds is 11. The monoisotopic (exact) mass is 626 g/mol. The van der Waals surface area contributed by atoms with E-state index in [4.69, 9.17) is 14.7 Å². The molecule has 1 saturated heterocycles. The van der Waals surface area contributed by atoms with Gasteiger partial charge < -0.3 is 29.4 Å². The molecule has 0 radical (unpaired) electrons. The van der Waals surface area contributed by atoms with Crippen LogP contribution >= 0.6 is 0 Å². The van der Waals surface area contributed by atoms with Crippen molar-refractivity contribution in [1.29, 1.82) is 5.26 Å². The van der Waals surface area contributed by atoms with E-state index in [1.165, 1.54) is 22.0 Å². The first kappa shape index (κ1) is 33.1. The van der Waals surface area contributed by atoms with Crippen molar-refractivity contribution in [2.24, 2.45) is 0 Å². The molecule has 0 saturated carbocycles. The SMILES string of the molecule is Cc1cccc2cccc(N3CCc4c(nc(OCCC(O)N(C)C)nc4N4CCN(C(=O)/C=C/CN(C)C)[C@@H](CC#N)C4)C3)c12. The molecule has 0 spiro atoms. The van der Waals surface area contributed by atoms with Crippen LogP contribution in [0.25, 0.3) is 10.8 Å². The van der Waals surface area contributed by atoms with Crippen LogP contribution in [-0.4, -0.2) is 115 Å². The second-order valence-electron chi connectivity index (χ2n) is 12.6. The number of nitrogens with zero attached hydrogens (tertiary/aromatic N) is 8. The van der Waals surface area contributed by atoms with Crippen LogP contribution in [0.2, 0.25) is 0 Å². The van der Waals surface area contributed by atoms with Crippen LogP contribution in [0.4, 0.5) is 11.5 Å². The van der Waals surface area contributed by atoms with Gasteiger partial charge in [-0.3, -0.25) is 9.69 Å². The Kier molecular flexibility index (Phi) is 10.7. The predicted octanol–water partition coefficient (Wildman–Crippen LogP) is 3.20. The van der Waals surface area contributed by atoms with E-state index in [2.05, 4.69) is 59.2 Å². The number of amides is 1. The Morgan fingerprint density at radius 3 is 2.65 bits per heavy atom. The van der Waals surface area contributed by atoms with Crippen molar-refractivity contribution < 1.29 is 14.6 Å². The van der Waals surface area contributed by atoms with Gasteiger partial charge in [0.25, 0.3) is 0 Å². The van der Waals surface area contributed by atoms with Crippen molar-refractivity contribution >= 4 is 28.2 Å². The van der Waals surface area contributed by atoms with Crippen LogP contribution in [-0.2, 0) is 17.8 Å². The Labute approximate surface area is 272 Å². The van der Waals surface area contributed by atoms with Crippen molar-refractivity contribution in [3.8, 4) is 12.1 Å². The van der Waals surface area contributed by atoms with Gasteiger partial charge in [-0.2, -0.15) is 15.2 Å². The summed E-state index contributed by atoms with van der Waals surface area (Å²) < 4.78 is 6.07. The van der Waals surface area contributed by atoms with Gasteiger partial charge in [-0.25, -0.2) is 0 Å². The number of likely N-dealkylation sites (N-methyl/N-ethyl adjacent to an activating group) is 1. The molecule has 0 bridgehead atoms. The maximum absolute atomic E-state index is 13.1. The van der Waals surface area contributed by atoms with E-state index in [1.807, 2.05) is 44.1 Å². The number of aromatic nitrogens is 2. The minimum absolute atomic E-state index is 0.0732. The number of piperazine rings is 1. The lowest BCUT2D eigenvalue weighted by Crippen LogP contribution is -2.55. The fourth-order valence-corrected chi connectivity index (χ4v) is 6.28. The zero-order valence-corrected chi connectivity index (χ0v) is 27.7. The van der Waals surface area contributed by atoms with Crippen molar-refractivity contribution in [3.63, 3.8) is 0 Å². The number of fused-ring (bicyclic) bond motifs is 2. The number of hydrogen-bond donors (Lipinski definition) is 1. The number of aliphatic hydroxyl groups excluding tert-OH is 1. The summed E-state index contributed by atoms with van der Waals surface area (Å²) in [7, 11) is 7.56. The molecule has 2 aliphatic heterocycles. The fourth-order valence-electron chi connectivity index (χ4n) is 6.28. The zero-order chi connectivity index (χ0) is 32.8. The molecule has 3 heterocycles. The third kappa shape index (κ3) is 7.58. The predicted molar refractivity (Wildman–Crippen MR) is 181 cm³/mol. The Morgan fingerprint density at radius 1 is 1.13 bits per heavy atom. The van der Waals surface area contributed by atoms with Crippen LogP contribution in [0.5, 0.6) is 6.01 Å². The van der Waals surface area contributed by atoms with Gasteiger partial charge in [0, 0.05) is 61.9 Å². The van der Waals surface area contributed by atoms with Gasteiger partial charge in [0.15, 0.2) is 0 Å². The first-order chi connectivity index (χ1) is 22.2. The molecule has 0 aliphatic carbocycles. The fraction of sp³-hybridized carbons (Fsp3) is 0.486. The number of aliphatic hydroxyl groups is 1. The van der Waals surface area contributed by atoms with E-state index < -0.39 is 6.23 Å². The molecule has 1 aromatic heterocycles. The molecule has 46 heavy (non-hydrogen) atoms. The van der Waals surface area contributed by atoms with Gasteiger partial charge in [0.1, 0.15) is 12.0 Å². The van der Waals surface area contributed by atoms with Crippen LogP contribution < -0.4 is 14.5 Å². The largest absolute Gasteiger partial charge is 0.463 e. The summed E-state index contributed by atoms with van der Waals surface area (Å²) in [5.74, 6) is 0.732. The third-order valence-electron chi connectivity index (χ3n) is 8.78. The molecular weight excluding hydrogens is 580 g/mol. The summed E-state index contributed by atoms with van der Waals surface area (Å²) in [5.41, 5.74) is 4.40. The average molecular weight is 627 g/mol. The highest BCUT2D eigenvalue weighted by Crippen LogP contribution is 2.36. The molecule has 1 amide bonds. The molecule has 1 fully saturated rings. The Balaban J connectivity index is 1.44. The number of hydrogen-bond acceptors (Lipinski definition) is 10. The first-order valence-electron chi connectivity index (χ1n) is 16.0. The third-order valence-corrected chi connectivity index (χ3v) is 8.78. The smallest absolute Gasteiger partial charge is 0.318 e. The maximum atomic E-state index is 13.1. The summed E-state index contributed by atoms with van der Waals surface area (Å²) in [6, 6.07) is 15.1. The number of ether oxygens (including phenoxy) is 1. The van der Waals surface area contributed by atoms with E-state index in [1.54, 1.807) is 11.0 Å². The minimum Gasteiger partial charge on any atom is -0.463 e. The molecule has 244 valence electrons. The van der Waals surface area contributed by atoms with Crippen LogP contribution in [0.1, 0.15) is 29.7 Å². The Bertz CT molecular complexity index is 1600. The van der Waals surface area contributed by atoms with E-state index >= 15 is 0 Å². The lowest BCUT2D eigenvalue weighted by Gasteiger charge is -2.42. The van der Waals surface area contributed by atoms with Gasteiger partial charge in [0.05, 0.1) is 37.4 Å². The van der Waals surface area contributed by atoms with Gasteiger partial charge >= 0.3 is 6.01 Å². The molecule has 3 aromatic rings. The molecule has 5 rings (SSSR count).